The lowest BCUT2D eigenvalue weighted by molar-refractivity contribution is 0.598. The predicted molar refractivity (Wildman–Crippen MR) is 108 cm³/mol. The van der Waals surface area contributed by atoms with Gasteiger partial charge in [-0.2, -0.15) is 5.26 Å². The van der Waals surface area contributed by atoms with E-state index in [0.29, 0.717) is 10.6 Å². The molecule has 0 unspecified atom stereocenters. The molecule has 0 fully saturated rings. The summed E-state index contributed by atoms with van der Waals surface area (Å²) in [6.07, 6.45) is 4.13. The fourth-order valence-corrected chi connectivity index (χ4v) is 3.46. The zero-order chi connectivity index (χ0) is 18.2. The highest BCUT2D eigenvalue weighted by Gasteiger charge is 2.29. The van der Waals surface area contributed by atoms with E-state index < -0.39 is 0 Å². The Labute approximate surface area is 154 Å². The Morgan fingerprint density at radius 3 is 2.52 bits per heavy atom. The molecular formula is C22H21ClN2. The van der Waals surface area contributed by atoms with Crippen molar-refractivity contribution in [1.82, 2.24) is 0 Å². The van der Waals surface area contributed by atoms with Gasteiger partial charge in [-0.05, 0) is 55.7 Å². The number of nitrogens with zero attached hydrogens (tertiary/aromatic N) is 2. The van der Waals surface area contributed by atoms with Gasteiger partial charge in [0.25, 0.3) is 0 Å². The van der Waals surface area contributed by atoms with Crippen molar-refractivity contribution < 1.29 is 0 Å². The molecule has 25 heavy (non-hydrogen) atoms. The van der Waals surface area contributed by atoms with Crippen molar-refractivity contribution >= 4 is 34.5 Å². The zero-order valence-electron chi connectivity index (χ0n) is 15.0. The van der Waals surface area contributed by atoms with Gasteiger partial charge in [-0.15, -0.1) is 0 Å². The van der Waals surface area contributed by atoms with Crippen LogP contribution in [0.4, 0.5) is 5.69 Å². The van der Waals surface area contributed by atoms with Crippen LogP contribution in [0, 0.1) is 11.3 Å². The maximum absolute atomic E-state index is 9.55. The fraction of sp³-hybridized carbons (Fsp3) is 0.227. The van der Waals surface area contributed by atoms with E-state index in [-0.39, 0.29) is 5.54 Å². The van der Waals surface area contributed by atoms with Crippen LogP contribution in [0.5, 0.6) is 0 Å². The molecule has 0 saturated heterocycles. The molecule has 0 saturated carbocycles. The molecule has 2 nitrogen and oxygen atoms in total. The lowest BCUT2D eigenvalue weighted by Gasteiger charge is -2.40. The number of fused-ring (bicyclic) bond motifs is 1. The van der Waals surface area contributed by atoms with E-state index in [9.17, 15) is 5.26 Å². The van der Waals surface area contributed by atoms with Gasteiger partial charge in [0, 0.05) is 23.3 Å². The first-order valence-electron chi connectivity index (χ1n) is 8.28. The van der Waals surface area contributed by atoms with Crippen LogP contribution >= 0.6 is 11.6 Å². The molecule has 1 aliphatic rings. The monoisotopic (exact) mass is 348 g/mol. The van der Waals surface area contributed by atoms with Gasteiger partial charge in [0.05, 0.1) is 17.2 Å². The van der Waals surface area contributed by atoms with Crippen LogP contribution in [-0.2, 0) is 0 Å². The molecule has 1 heterocycles. The van der Waals surface area contributed by atoms with E-state index in [4.69, 9.17) is 11.6 Å². The second-order valence-electron chi connectivity index (χ2n) is 6.97. The van der Waals surface area contributed by atoms with Crippen molar-refractivity contribution in [3.63, 3.8) is 0 Å². The van der Waals surface area contributed by atoms with E-state index in [1.807, 2.05) is 42.5 Å². The van der Waals surface area contributed by atoms with Crippen LogP contribution in [0.15, 0.2) is 48.5 Å². The second kappa shape index (κ2) is 6.43. The number of benzene rings is 2. The van der Waals surface area contributed by atoms with Crippen LogP contribution in [0.1, 0.15) is 37.5 Å². The molecule has 0 radical (unpaired) electrons. The molecule has 0 amide bonds. The third-order valence-electron chi connectivity index (χ3n) is 4.84. The van der Waals surface area contributed by atoms with Gasteiger partial charge in [0.15, 0.2) is 0 Å². The lowest BCUT2D eigenvalue weighted by atomic mass is 9.88. The summed E-state index contributed by atoms with van der Waals surface area (Å²) >= 11 is 6.56. The van der Waals surface area contributed by atoms with Gasteiger partial charge < -0.3 is 4.90 Å². The Balaban J connectivity index is 2.13. The fourth-order valence-electron chi connectivity index (χ4n) is 3.25. The summed E-state index contributed by atoms with van der Waals surface area (Å²) in [7, 11) is 2.08. The average molecular weight is 349 g/mol. The Bertz CT molecular complexity index is 915. The summed E-state index contributed by atoms with van der Waals surface area (Å²) in [6.45, 7) is 6.49. The highest BCUT2D eigenvalue weighted by Crippen LogP contribution is 2.41. The number of halogens is 1. The first-order chi connectivity index (χ1) is 11.8. The number of hydrogen-bond acceptors (Lipinski definition) is 2. The Morgan fingerprint density at radius 2 is 1.88 bits per heavy atom. The molecule has 0 N–H and O–H groups in total. The minimum atomic E-state index is -0.0559. The van der Waals surface area contributed by atoms with E-state index in [2.05, 4.69) is 50.9 Å². The summed E-state index contributed by atoms with van der Waals surface area (Å²) in [5.41, 5.74) is 5.80. The highest BCUT2D eigenvalue weighted by atomic mass is 35.5. The zero-order valence-corrected chi connectivity index (χ0v) is 15.7. The Hall–Kier alpha value is -2.50. The van der Waals surface area contributed by atoms with E-state index in [1.54, 1.807) is 0 Å². The maximum Gasteiger partial charge on any atom is 0.0998 e. The van der Waals surface area contributed by atoms with Crippen molar-refractivity contribution in [2.45, 2.75) is 26.3 Å². The molecule has 0 aromatic heterocycles. The minimum absolute atomic E-state index is 0.0559. The predicted octanol–water partition coefficient (Wildman–Crippen LogP) is 6.04. The van der Waals surface area contributed by atoms with Crippen molar-refractivity contribution in [3.8, 4) is 6.07 Å². The van der Waals surface area contributed by atoms with Crippen LogP contribution in [0.25, 0.3) is 17.2 Å². The number of likely N-dealkylation sites (N-methyl/N-ethyl adjacent to an activating group) is 1. The number of rotatable bonds is 2. The highest BCUT2D eigenvalue weighted by molar-refractivity contribution is 6.32. The van der Waals surface area contributed by atoms with Gasteiger partial charge >= 0.3 is 0 Å². The van der Waals surface area contributed by atoms with E-state index >= 15 is 0 Å². The van der Waals surface area contributed by atoms with Gasteiger partial charge in [0.1, 0.15) is 0 Å². The summed E-state index contributed by atoms with van der Waals surface area (Å²) in [6, 6.07) is 16.0. The molecule has 1 aliphatic heterocycles. The molecule has 2 aromatic carbocycles. The first-order valence-corrected chi connectivity index (χ1v) is 8.66. The topological polar surface area (TPSA) is 27.0 Å². The SMILES string of the molecule is CC1=CC(C)(C)N(C)c2cc(Cl)c(/C=C(/C#N)c3ccccc3)cc21. The Kier molecular flexibility index (Phi) is 4.45. The van der Waals surface area contributed by atoms with Crippen molar-refractivity contribution in [2.24, 2.45) is 0 Å². The van der Waals surface area contributed by atoms with E-state index in [0.717, 1.165) is 22.4 Å². The molecule has 3 heteroatoms. The number of allylic oxidation sites excluding steroid dienone is 2. The molecular weight excluding hydrogens is 328 g/mol. The first kappa shape index (κ1) is 17.3. The number of anilines is 1. The smallest absolute Gasteiger partial charge is 0.0998 e. The van der Waals surface area contributed by atoms with Crippen molar-refractivity contribution in [1.29, 1.82) is 5.26 Å². The number of nitriles is 1. The number of hydrogen-bond donors (Lipinski definition) is 0. The van der Waals surface area contributed by atoms with Crippen LogP contribution in [0.3, 0.4) is 0 Å². The van der Waals surface area contributed by atoms with Crippen LogP contribution in [-0.4, -0.2) is 12.6 Å². The summed E-state index contributed by atoms with van der Waals surface area (Å²) in [5, 5.41) is 10.2. The molecule has 0 bridgehead atoms. The third-order valence-corrected chi connectivity index (χ3v) is 5.17. The molecule has 2 aromatic rings. The quantitative estimate of drug-likeness (QED) is 0.489. The molecule has 126 valence electrons. The van der Waals surface area contributed by atoms with Crippen LogP contribution < -0.4 is 4.90 Å². The summed E-state index contributed by atoms with van der Waals surface area (Å²) < 4.78 is 0. The molecule has 0 spiro atoms. The molecule has 0 atom stereocenters. The van der Waals surface area contributed by atoms with Crippen LogP contribution in [0.2, 0.25) is 5.02 Å². The normalized spacial score (nSPS) is 16.1. The Morgan fingerprint density at radius 1 is 1.20 bits per heavy atom. The van der Waals surface area contributed by atoms with E-state index in [1.165, 1.54) is 5.57 Å². The molecule has 3 rings (SSSR count). The van der Waals surface area contributed by atoms with Gasteiger partial charge in [-0.3, -0.25) is 0 Å². The molecule has 0 aliphatic carbocycles. The summed E-state index contributed by atoms with van der Waals surface area (Å²) in [4.78, 5) is 2.23. The van der Waals surface area contributed by atoms with Gasteiger partial charge in [0.2, 0.25) is 0 Å². The summed E-state index contributed by atoms with van der Waals surface area (Å²) in [5.74, 6) is 0. The minimum Gasteiger partial charge on any atom is -0.365 e. The average Bonchev–Trinajstić information content (AvgIpc) is 2.59. The largest absolute Gasteiger partial charge is 0.365 e. The second-order valence-corrected chi connectivity index (χ2v) is 7.37. The van der Waals surface area contributed by atoms with Gasteiger partial charge in [-0.25, -0.2) is 0 Å². The third kappa shape index (κ3) is 3.21. The van der Waals surface area contributed by atoms with Crippen molar-refractivity contribution in [3.05, 3.63) is 70.3 Å². The van der Waals surface area contributed by atoms with Crippen molar-refractivity contribution in [2.75, 3.05) is 11.9 Å². The van der Waals surface area contributed by atoms with Gasteiger partial charge in [-0.1, -0.05) is 48.0 Å². The lowest BCUT2D eigenvalue weighted by Crippen LogP contribution is -2.42. The maximum atomic E-state index is 9.55. The standard InChI is InChI=1S/C22H21ClN2/c1-15-13-22(2,3)25(4)21-12-20(23)17(11-19(15)21)10-18(14-24)16-8-6-5-7-9-16/h5-13H,1-4H3/b18-10-.